The van der Waals surface area contributed by atoms with Crippen LogP contribution in [-0.4, -0.2) is 34.8 Å². The fourth-order valence-electron chi connectivity index (χ4n) is 5.04. The SMILES string of the molecule is COc1c(Cl)cc(C)cc1/C(O)=C1\C(=O)C(=O)N(C2CCCCC2)C1c1ccccc1C. The van der Waals surface area contributed by atoms with Gasteiger partial charge in [-0.25, -0.2) is 0 Å². The van der Waals surface area contributed by atoms with E-state index in [0.717, 1.165) is 48.8 Å². The van der Waals surface area contributed by atoms with Crippen molar-refractivity contribution in [2.45, 2.75) is 58.0 Å². The van der Waals surface area contributed by atoms with Gasteiger partial charge < -0.3 is 14.7 Å². The minimum absolute atomic E-state index is 0.0295. The van der Waals surface area contributed by atoms with Gasteiger partial charge in [-0.2, -0.15) is 0 Å². The first-order chi connectivity index (χ1) is 15.3. The van der Waals surface area contributed by atoms with Gasteiger partial charge in [0.05, 0.1) is 29.3 Å². The molecule has 0 radical (unpaired) electrons. The molecule has 2 aromatic carbocycles. The summed E-state index contributed by atoms with van der Waals surface area (Å²) < 4.78 is 5.45. The number of halogens is 1. The number of likely N-dealkylation sites (tertiary alicyclic amines) is 1. The van der Waals surface area contributed by atoms with Gasteiger partial charge in [0, 0.05) is 6.04 Å². The molecule has 168 valence electrons. The van der Waals surface area contributed by atoms with Gasteiger partial charge in [-0.1, -0.05) is 55.1 Å². The van der Waals surface area contributed by atoms with Gasteiger partial charge in [-0.05, 0) is 55.5 Å². The predicted molar refractivity (Wildman–Crippen MR) is 125 cm³/mol. The highest BCUT2D eigenvalue weighted by atomic mass is 35.5. The highest BCUT2D eigenvalue weighted by Gasteiger charge is 2.49. The zero-order chi connectivity index (χ0) is 23.0. The Morgan fingerprint density at radius 3 is 2.44 bits per heavy atom. The third-order valence-electron chi connectivity index (χ3n) is 6.58. The lowest BCUT2D eigenvalue weighted by Crippen LogP contribution is -2.40. The number of ketones is 1. The van der Waals surface area contributed by atoms with E-state index in [2.05, 4.69) is 0 Å². The maximum atomic E-state index is 13.4. The Balaban J connectivity index is 1.96. The summed E-state index contributed by atoms with van der Waals surface area (Å²) in [6.45, 7) is 3.81. The summed E-state index contributed by atoms with van der Waals surface area (Å²) in [7, 11) is 1.47. The van der Waals surface area contributed by atoms with Gasteiger partial charge in [0.25, 0.3) is 11.7 Å². The number of amides is 1. The monoisotopic (exact) mass is 453 g/mol. The van der Waals surface area contributed by atoms with Gasteiger partial charge in [0.15, 0.2) is 0 Å². The number of aliphatic hydroxyl groups is 1. The summed E-state index contributed by atoms with van der Waals surface area (Å²) in [5.41, 5.74) is 3.02. The smallest absolute Gasteiger partial charge is 0.295 e. The summed E-state index contributed by atoms with van der Waals surface area (Å²) in [6.07, 6.45) is 4.89. The highest BCUT2D eigenvalue weighted by Crippen LogP contribution is 2.45. The molecule has 1 unspecified atom stereocenters. The maximum absolute atomic E-state index is 13.4. The van der Waals surface area contributed by atoms with Crippen LogP contribution < -0.4 is 4.74 Å². The Kier molecular flexibility index (Phi) is 6.29. The minimum atomic E-state index is -0.666. The maximum Gasteiger partial charge on any atom is 0.295 e. The van der Waals surface area contributed by atoms with E-state index in [1.54, 1.807) is 17.0 Å². The molecule has 1 atom stereocenters. The highest BCUT2D eigenvalue weighted by molar-refractivity contribution is 6.46. The number of nitrogens with zero attached hydrogens (tertiary/aromatic N) is 1. The van der Waals surface area contributed by atoms with E-state index in [0.29, 0.717) is 10.6 Å². The average Bonchev–Trinajstić information content (AvgIpc) is 3.04. The van der Waals surface area contributed by atoms with E-state index in [-0.39, 0.29) is 23.1 Å². The molecule has 0 aromatic heterocycles. The van der Waals surface area contributed by atoms with Crippen LogP contribution in [0, 0.1) is 13.8 Å². The van der Waals surface area contributed by atoms with E-state index in [1.165, 1.54) is 7.11 Å². The fourth-order valence-corrected chi connectivity index (χ4v) is 5.39. The number of hydrogen-bond donors (Lipinski definition) is 1. The molecule has 1 aliphatic heterocycles. The van der Waals surface area contributed by atoms with E-state index in [4.69, 9.17) is 16.3 Å². The van der Waals surface area contributed by atoms with Crippen LogP contribution in [-0.2, 0) is 9.59 Å². The van der Waals surface area contributed by atoms with E-state index < -0.39 is 17.7 Å². The molecule has 32 heavy (non-hydrogen) atoms. The van der Waals surface area contributed by atoms with Crippen LogP contribution >= 0.6 is 11.6 Å². The molecule has 1 N–H and O–H groups in total. The number of methoxy groups -OCH3 is 1. The summed E-state index contributed by atoms with van der Waals surface area (Å²) in [5, 5.41) is 11.8. The molecule has 1 saturated heterocycles. The quantitative estimate of drug-likeness (QED) is 0.365. The summed E-state index contributed by atoms with van der Waals surface area (Å²) >= 11 is 6.36. The molecular formula is C26H28ClNO4. The van der Waals surface area contributed by atoms with Crippen LogP contribution in [0.4, 0.5) is 0 Å². The molecule has 1 amide bonds. The van der Waals surface area contributed by atoms with Gasteiger partial charge in [0.1, 0.15) is 11.5 Å². The van der Waals surface area contributed by atoms with Gasteiger partial charge in [-0.15, -0.1) is 0 Å². The lowest BCUT2D eigenvalue weighted by Gasteiger charge is -2.36. The molecule has 2 aromatic rings. The van der Waals surface area contributed by atoms with Crippen molar-refractivity contribution in [1.82, 2.24) is 4.90 Å². The Bertz CT molecular complexity index is 1100. The summed E-state index contributed by atoms with van der Waals surface area (Å²) in [4.78, 5) is 28.4. The second-order valence-corrected chi connectivity index (χ2v) is 9.09. The van der Waals surface area contributed by atoms with Crippen molar-refractivity contribution in [3.8, 4) is 5.75 Å². The van der Waals surface area contributed by atoms with Crippen LogP contribution in [0.5, 0.6) is 5.75 Å². The van der Waals surface area contributed by atoms with Crippen molar-refractivity contribution < 1.29 is 19.4 Å². The van der Waals surface area contributed by atoms with Crippen molar-refractivity contribution in [3.05, 3.63) is 69.2 Å². The zero-order valence-electron chi connectivity index (χ0n) is 18.7. The lowest BCUT2D eigenvalue weighted by atomic mass is 9.89. The molecule has 4 rings (SSSR count). The van der Waals surface area contributed by atoms with E-state index >= 15 is 0 Å². The minimum Gasteiger partial charge on any atom is -0.507 e. The molecule has 2 aliphatic rings. The van der Waals surface area contributed by atoms with E-state index in [9.17, 15) is 14.7 Å². The third kappa shape index (κ3) is 3.79. The molecule has 1 aliphatic carbocycles. The number of Topliss-reactive ketones (excluding diaryl/α,β-unsaturated/α-hetero) is 1. The molecule has 5 nitrogen and oxygen atoms in total. The normalized spacial score (nSPS) is 21.2. The molecule has 6 heteroatoms. The van der Waals surface area contributed by atoms with Crippen LogP contribution in [0.1, 0.15) is 60.4 Å². The molecule has 1 heterocycles. The Labute approximate surface area is 193 Å². The van der Waals surface area contributed by atoms with Crippen molar-refractivity contribution in [2.75, 3.05) is 7.11 Å². The topological polar surface area (TPSA) is 66.8 Å². The van der Waals surface area contributed by atoms with Crippen molar-refractivity contribution in [3.63, 3.8) is 0 Å². The zero-order valence-corrected chi connectivity index (χ0v) is 19.4. The fraction of sp³-hybridized carbons (Fsp3) is 0.385. The Morgan fingerprint density at radius 1 is 1.09 bits per heavy atom. The number of aliphatic hydroxyl groups excluding tert-OH is 1. The van der Waals surface area contributed by atoms with E-state index in [1.807, 2.05) is 38.1 Å². The summed E-state index contributed by atoms with van der Waals surface area (Å²) in [6, 6.07) is 10.5. The Hall–Kier alpha value is -2.79. The predicted octanol–water partition coefficient (Wildman–Crippen LogP) is 5.72. The molecule has 2 fully saturated rings. The number of hydrogen-bond acceptors (Lipinski definition) is 4. The van der Waals surface area contributed by atoms with Crippen LogP contribution in [0.2, 0.25) is 5.02 Å². The van der Waals surface area contributed by atoms with Gasteiger partial charge >= 0.3 is 0 Å². The third-order valence-corrected chi connectivity index (χ3v) is 6.86. The first-order valence-corrected chi connectivity index (χ1v) is 11.4. The second-order valence-electron chi connectivity index (χ2n) is 8.68. The molecular weight excluding hydrogens is 426 g/mol. The van der Waals surface area contributed by atoms with Crippen LogP contribution in [0.25, 0.3) is 5.76 Å². The largest absolute Gasteiger partial charge is 0.507 e. The number of benzene rings is 2. The van der Waals surface area contributed by atoms with Crippen molar-refractivity contribution in [2.24, 2.45) is 0 Å². The first kappa shape index (κ1) is 22.4. The first-order valence-electron chi connectivity index (χ1n) is 11.0. The molecule has 0 spiro atoms. The van der Waals surface area contributed by atoms with Crippen molar-refractivity contribution >= 4 is 29.1 Å². The average molecular weight is 454 g/mol. The molecule has 0 bridgehead atoms. The van der Waals surface area contributed by atoms with Gasteiger partial charge in [-0.3, -0.25) is 9.59 Å². The number of rotatable bonds is 4. The standard InChI is InChI=1S/C26H28ClNO4/c1-15-13-19(25(32-3)20(27)14-15)23(29)21-22(18-12-8-7-9-16(18)2)28(26(31)24(21)30)17-10-5-4-6-11-17/h7-9,12-14,17,22,29H,4-6,10-11H2,1-3H3/b23-21+. The Morgan fingerprint density at radius 2 is 1.78 bits per heavy atom. The number of ether oxygens (including phenoxy) is 1. The van der Waals surface area contributed by atoms with Crippen LogP contribution in [0.15, 0.2) is 42.0 Å². The number of carbonyl (C=O) groups is 2. The van der Waals surface area contributed by atoms with Crippen LogP contribution in [0.3, 0.4) is 0 Å². The summed E-state index contributed by atoms with van der Waals surface area (Å²) in [5.74, 6) is -1.19. The second kappa shape index (κ2) is 8.99. The molecule has 1 saturated carbocycles. The van der Waals surface area contributed by atoms with Crippen molar-refractivity contribution in [1.29, 1.82) is 0 Å². The lowest BCUT2D eigenvalue weighted by molar-refractivity contribution is -0.141. The number of aryl methyl sites for hydroxylation is 2. The number of carbonyl (C=O) groups excluding carboxylic acids is 2. The van der Waals surface area contributed by atoms with Gasteiger partial charge in [0.2, 0.25) is 0 Å².